The highest BCUT2D eigenvalue weighted by Crippen LogP contribution is 2.26. The lowest BCUT2D eigenvalue weighted by Gasteiger charge is -2.28. The van der Waals surface area contributed by atoms with Crippen molar-refractivity contribution in [2.75, 3.05) is 0 Å². The summed E-state index contributed by atoms with van der Waals surface area (Å²) >= 11 is 0. The van der Waals surface area contributed by atoms with E-state index in [2.05, 4.69) is 45.1 Å². The van der Waals surface area contributed by atoms with Crippen molar-refractivity contribution in [1.29, 1.82) is 0 Å². The van der Waals surface area contributed by atoms with E-state index < -0.39 is 6.10 Å². The van der Waals surface area contributed by atoms with E-state index in [1.54, 1.807) is 0 Å². The van der Waals surface area contributed by atoms with Gasteiger partial charge in [-0.15, -0.1) is 0 Å². The van der Waals surface area contributed by atoms with Crippen molar-refractivity contribution in [2.24, 2.45) is 11.8 Å². The summed E-state index contributed by atoms with van der Waals surface area (Å²) in [5, 5.41) is 3.19. The number of benzene rings is 1. The Balaban J connectivity index is 2.04. The van der Waals surface area contributed by atoms with Crippen LogP contribution >= 0.6 is 0 Å². The number of carbonyl (C=O) groups excluding carboxylic acids is 1. The maximum atomic E-state index is 12.7. The van der Waals surface area contributed by atoms with Crippen molar-refractivity contribution in [1.82, 2.24) is 5.32 Å². The fourth-order valence-corrected chi connectivity index (χ4v) is 3.63. The Morgan fingerprint density at radius 2 is 1.71 bits per heavy atom. The maximum absolute atomic E-state index is 12.7. The highest BCUT2D eigenvalue weighted by molar-refractivity contribution is 5.81. The third-order valence-electron chi connectivity index (χ3n) is 5.01. The van der Waals surface area contributed by atoms with Crippen LogP contribution in [0.3, 0.4) is 0 Å². The number of hydrogen-bond donors (Lipinski definition) is 1. The van der Waals surface area contributed by atoms with Crippen molar-refractivity contribution >= 4 is 5.91 Å². The van der Waals surface area contributed by atoms with Crippen molar-refractivity contribution in [3.05, 3.63) is 29.3 Å². The van der Waals surface area contributed by atoms with Gasteiger partial charge in [0.05, 0.1) is 0 Å². The molecule has 0 unspecified atom stereocenters. The number of rotatable bonds is 7. The molecule has 0 saturated carbocycles. The molecule has 0 aliphatic heterocycles. The van der Waals surface area contributed by atoms with Crippen LogP contribution < -0.4 is 10.1 Å². The van der Waals surface area contributed by atoms with Gasteiger partial charge in [0.2, 0.25) is 0 Å². The van der Waals surface area contributed by atoms with Crippen molar-refractivity contribution in [3.8, 4) is 5.75 Å². The van der Waals surface area contributed by atoms with Gasteiger partial charge in [-0.3, -0.25) is 4.79 Å². The lowest BCUT2D eigenvalue weighted by Crippen LogP contribution is -2.48. The van der Waals surface area contributed by atoms with E-state index in [1.807, 2.05) is 13.0 Å². The maximum Gasteiger partial charge on any atom is 0.261 e. The second-order valence-corrected chi connectivity index (χ2v) is 7.67. The monoisotopic (exact) mass is 331 g/mol. The molecule has 0 heterocycles. The summed E-state index contributed by atoms with van der Waals surface area (Å²) in [6.45, 7) is 10.6. The summed E-state index contributed by atoms with van der Waals surface area (Å²) in [5.74, 6) is 1.65. The number of aryl methyl sites for hydroxylation is 2. The Labute approximate surface area is 147 Å². The predicted octanol–water partition coefficient (Wildman–Crippen LogP) is 4.52. The molecule has 1 atom stereocenters. The van der Waals surface area contributed by atoms with E-state index in [-0.39, 0.29) is 11.9 Å². The van der Waals surface area contributed by atoms with Crippen LogP contribution in [0.2, 0.25) is 0 Å². The average Bonchev–Trinajstić information content (AvgIpc) is 2.56. The zero-order valence-electron chi connectivity index (χ0n) is 15.9. The first-order valence-electron chi connectivity index (χ1n) is 9.51. The fourth-order valence-electron chi connectivity index (χ4n) is 3.63. The molecule has 24 heavy (non-hydrogen) atoms. The molecular formula is C21H33NO2. The third kappa shape index (κ3) is 4.75. The van der Waals surface area contributed by atoms with Crippen molar-refractivity contribution in [3.63, 3.8) is 0 Å². The average molecular weight is 332 g/mol. The molecule has 0 bridgehead atoms. The van der Waals surface area contributed by atoms with E-state index in [0.717, 1.165) is 18.6 Å². The largest absolute Gasteiger partial charge is 0.481 e. The zero-order valence-corrected chi connectivity index (χ0v) is 15.9. The van der Waals surface area contributed by atoms with Crippen LogP contribution in [0.1, 0.15) is 65.0 Å². The first kappa shape index (κ1) is 18.8. The molecule has 1 N–H and O–H groups in total. The summed E-state index contributed by atoms with van der Waals surface area (Å²) in [5.41, 5.74) is 2.82. The Morgan fingerprint density at radius 3 is 2.29 bits per heavy atom. The Hall–Kier alpha value is -1.51. The summed E-state index contributed by atoms with van der Waals surface area (Å²) in [6, 6.07) is 6.49. The topological polar surface area (TPSA) is 38.3 Å². The Morgan fingerprint density at radius 1 is 1.08 bits per heavy atom. The first-order chi connectivity index (χ1) is 11.4. The molecule has 3 nitrogen and oxygen atoms in total. The van der Waals surface area contributed by atoms with Gasteiger partial charge in [0.1, 0.15) is 5.75 Å². The SMILES string of the molecule is CC[C@H](Oc1ccc2c(c1)CCCC2)C(=O)NC(C(C)C)C(C)C. The molecule has 2 rings (SSSR count). The summed E-state index contributed by atoms with van der Waals surface area (Å²) < 4.78 is 6.04. The smallest absolute Gasteiger partial charge is 0.261 e. The van der Waals surface area contributed by atoms with E-state index in [4.69, 9.17) is 4.74 Å². The summed E-state index contributed by atoms with van der Waals surface area (Å²) in [4.78, 5) is 12.7. The highest BCUT2D eigenvalue weighted by atomic mass is 16.5. The Bertz CT molecular complexity index is 543. The molecule has 0 radical (unpaired) electrons. The number of amides is 1. The minimum Gasteiger partial charge on any atom is -0.481 e. The first-order valence-corrected chi connectivity index (χ1v) is 9.51. The van der Waals surface area contributed by atoms with Gasteiger partial charge in [-0.2, -0.15) is 0 Å². The molecule has 0 spiro atoms. The standard InChI is InChI=1S/C21H33NO2/c1-6-19(21(23)22-20(14(2)3)15(4)5)24-18-12-11-16-9-7-8-10-17(16)13-18/h11-15,19-20H,6-10H2,1-5H3,(H,22,23)/t19-/m0/s1. The molecule has 1 aromatic rings. The van der Waals surface area contributed by atoms with Gasteiger partial charge < -0.3 is 10.1 Å². The molecule has 0 saturated heterocycles. The van der Waals surface area contributed by atoms with E-state index in [1.165, 1.54) is 24.0 Å². The lowest BCUT2D eigenvalue weighted by molar-refractivity contribution is -0.129. The molecule has 3 heteroatoms. The van der Waals surface area contributed by atoms with Crippen LogP contribution in [-0.4, -0.2) is 18.1 Å². The molecule has 1 aliphatic carbocycles. The molecule has 1 amide bonds. The molecule has 134 valence electrons. The van der Waals surface area contributed by atoms with Crippen LogP contribution in [0.25, 0.3) is 0 Å². The van der Waals surface area contributed by atoms with E-state index in [0.29, 0.717) is 18.3 Å². The van der Waals surface area contributed by atoms with Gasteiger partial charge in [-0.05, 0) is 67.2 Å². The molecule has 1 aromatic carbocycles. The summed E-state index contributed by atoms with van der Waals surface area (Å²) in [6.07, 6.45) is 5.06. The number of nitrogens with one attached hydrogen (secondary N) is 1. The minimum atomic E-state index is -0.424. The van der Waals surface area contributed by atoms with Crippen LogP contribution in [0.4, 0.5) is 0 Å². The van der Waals surface area contributed by atoms with Gasteiger partial charge in [0, 0.05) is 6.04 Å². The molecule has 0 fully saturated rings. The highest BCUT2D eigenvalue weighted by Gasteiger charge is 2.25. The van der Waals surface area contributed by atoms with Gasteiger partial charge in [-0.25, -0.2) is 0 Å². The number of fused-ring (bicyclic) bond motifs is 1. The fraction of sp³-hybridized carbons (Fsp3) is 0.667. The van der Waals surface area contributed by atoms with E-state index >= 15 is 0 Å². The zero-order chi connectivity index (χ0) is 17.7. The van der Waals surface area contributed by atoms with Gasteiger partial charge in [0.25, 0.3) is 5.91 Å². The van der Waals surface area contributed by atoms with Gasteiger partial charge in [-0.1, -0.05) is 40.7 Å². The Kier molecular flexibility index (Phi) is 6.70. The van der Waals surface area contributed by atoms with Crippen molar-refractivity contribution < 1.29 is 9.53 Å². The molecule has 1 aliphatic rings. The molecular weight excluding hydrogens is 298 g/mol. The summed E-state index contributed by atoms with van der Waals surface area (Å²) in [7, 11) is 0. The normalized spacial score (nSPS) is 15.5. The van der Waals surface area contributed by atoms with Gasteiger partial charge in [0.15, 0.2) is 6.10 Å². The van der Waals surface area contributed by atoms with Crippen LogP contribution in [0.15, 0.2) is 18.2 Å². The molecule has 0 aromatic heterocycles. The third-order valence-corrected chi connectivity index (χ3v) is 5.01. The number of carbonyl (C=O) groups is 1. The number of hydrogen-bond acceptors (Lipinski definition) is 2. The van der Waals surface area contributed by atoms with Crippen LogP contribution in [0.5, 0.6) is 5.75 Å². The second-order valence-electron chi connectivity index (χ2n) is 7.67. The van der Waals surface area contributed by atoms with Crippen LogP contribution in [0, 0.1) is 11.8 Å². The van der Waals surface area contributed by atoms with Crippen molar-refractivity contribution in [2.45, 2.75) is 78.9 Å². The number of ether oxygens (including phenoxy) is 1. The van der Waals surface area contributed by atoms with E-state index in [9.17, 15) is 4.79 Å². The second kappa shape index (κ2) is 8.55. The predicted molar refractivity (Wildman–Crippen MR) is 99.4 cm³/mol. The minimum absolute atomic E-state index is 0.00243. The quantitative estimate of drug-likeness (QED) is 0.798. The lowest BCUT2D eigenvalue weighted by atomic mass is 9.92. The van der Waals surface area contributed by atoms with Gasteiger partial charge >= 0.3 is 0 Å². The van der Waals surface area contributed by atoms with Crippen LogP contribution in [-0.2, 0) is 17.6 Å².